The summed E-state index contributed by atoms with van der Waals surface area (Å²) in [5, 5.41) is 14.3. The van der Waals surface area contributed by atoms with Crippen molar-refractivity contribution < 1.29 is 17.3 Å². The number of hydrogen-bond donors (Lipinski definition) is 0. The average molecular weight is 441 g/mol. The smallest absolute Gasteiger partial charge is 0.418 e. The van der Waals surface area contributed by atoms with E-state index in [0.717, 1.165) is 0 Å². The molecule has 0 aromatic heterocycles. The highest BCUT2D eigenvalue weighted by molar-refractivity contribution is 7.59. The maximum Gasteiger partial charge on any atom is 0.673 e. The minimum absolute atomic E-state index is 0.164. The quantitative estimate of drug-likeness (QED) is 0.145. The first-order valence-corrected chi connectivity index (χ1v) is 10.3. The van der Waals surface area contributed by atoms with Crippen LogP contribution in [0.15, 0.2) is 78.9 Å². The third-order valence-electron chi connectivity index (χ3n) is 5.17. The van der Waals surface area contributed by atoms with Crippen LogP contribution in [0.4, 0.5) is 17.3 Å². The molecule has 7 heteroatoms. The first-order chi connectivity index (χ1) is 14.7. The van der Waals surface area contributed by atoms with Crippen LogP contribution in [0, 0.1) is 11.3 Å². The Labute approximate surface area is 183 Å². The summed E-state index contributed by atoms with van der Waals surface area (Å²) in [6, 6.07) is 29.5. The van der Waals surface area contributed by atoms with Crippen molar-refractivity contribution >= 4 is 41.4 Å². The fraction of sp³-hybridized carbons (Fsp3) is 0.125. The molecule has 0 radical (unpaired) electrons. The molecule has 0 aliphatic rings. The van der Waals surface area contributed by atoms with Crippen molar-refractivity contribution in [3.63, 3.8) is 0 Å². The van der Waals surface area contributed by atoms with Gasteiger partial charge in [-0.25, -0.2) is 0 Å². The van der Waals surface area contributed by atoms with Crippen molar-refractivity contribution in [1.29, 1.82) is 5.26 Å². The van der Waals surface area contributed by atoms with Crippen molar-refractivity contribution in [2.45, 2.75) is 18.1 Å². The number of halogens is 4. The molecule has 0 aliphatic carbocycles. The van der Waals surface area contributed by atoms with E-state index in [9.17, 15) is 17.3 Å². The van der Waals surface area contributed by atoms with Crippen molar-refractivity contribution in [1.82, 2.24) is 0 Å². The summed E-state index contributed by atoms with van der Waals surface area (Å²) >= 11 is 3.98. The molecule has 4 rings (SSSR count). The third-order valence-corrected chi connectivity index (χ3v) is 6.00. The predicted molar refractivity (Wildman–Crippen MR) is 124 cm³/mol. The molecule has 0 heterocycles. The zero-order valence-corrected chi connectivity index (χ0v) is 17.7. The fourth-order valence-corrected chi connectivity index (χ4v) is 4.12. The molecule has 31 heavy (non-hydrogen) atoms. The second-order valence-corrected chi connectivity index (χ2v) is 7.85. The molecule has 0 saturated carbocycles. The van der Waals surface area contributed by atoms with Crippen molar-refractivity contribution in [3.05, 3.63) is 95.6 Å². The van der Waals surface area contributed by atoms with Crippen molar-refractivity contribution in [3.8, 4) is 6.07 Å². The highest BCUT2D eigenvalue weighted by Crippen LogP contribution is 2.40. The molecule has 0 spiro atoms. The van der Waals surface area contributed by atoms with E-state index in [1.165, 1.54) is 32.7 Å². The van der Waals surface area contributed by atoms with Gasteiger partial charge in [0.05, 0.1) is 11.6 Å². The summed E-state index contributed by atoms with van der Waals surface area (Å²) in [6.07, 6.45) is 0. The minimum Gasteiger partial charge on any atom is -0.418 e. The molecule has 2 unspecified atom stereocenters. The molecular weight excluding hydrogens is 421 g/mol. The van der Waals surface area contributed by atoms with E-state index >= 15 is 0 Å². The van der Waals surface area contributed by atoms with Gasteiger partial charge < -0.3 is 17.3 Å². The Hall–Kier alpha value is -2.98. The number of nitriles is 1. The van der Waals surface area contributed by atoms with Gasteiger partial charge in [-0.3, -0.25) is 0 Å². The Kier molecular flexibility index (Phi) is 6.92. The normalized spacial score (nSPS) is 13.2. The lowest BCUT2D eigenvalue weighted by Crippen LogP contribution is -2.07. The highest BCUT2D eigenvalue weighted by Gasteiger charge is 2.25. The molecule has 2 atom stereocenters. The van der Waals surface area contributed by atoms with Crippen LogP contribution in [-0.2, 0) is 12.6 Å². The summed E-state index contributed by atoms with van der Waals surface area (Å²) in [7, 11) is -6.00. The van der Waals surface area contributed by atoms with Gasteiger partial charge >= 0.3 is 7.25 Å². The Balaban J connectivity index is 0.000000491. The summed E-state index contributed by atoms with van der Waals surface area (Å²) in [4.78, 5) is 0. The van der Waals surface area contributed by atoms with Crippen LogP contribution in [0.2, 0.25) is 0 Å². The number of nitrogens with zero attached hydrogens (tertiary/aromatic N) is 1. The van der Waals surface area contributed by atoms with Crippen molar-refractivity contribution in [2.24, 2.45) is 0 Å². The second kappa shape index (κ2) is 9.44. The van der Waals surface area contributed by atoms with Crippen LogP contribution in [0.1, 0.15) is 34.8 Å². The fourth-order valence-electron chi connectivity index (χ4n) is 3.76. The number of benzene rings is 4. The average Bonchev–Trinajstić information content (AvgIpc) is 2.75. The van der Waals surface area contributed by atoms with Crippen LogP contribution >= 0.6 is 0 Å². The lowest BCUT2D eigenvalue weighted by molar-refractivity contribution is 0.368. The maximum absolute atomic E-state index is 9.75. The summed E-state index contributed by atoms with van der Waals surface area (Å²) < 4.78 is 39.0. The van der Waals surface area contributed by atoms with Crippen LogP contribution < -0.4 is 0 Å². The Morgan fingerprint density at radius 3 is 1.71 bits per heavy atom. The topological polar surface area (TPSA) is 23.8 Å². The first-order valence-electron chi connectivity index (χ1n) is 9.68. The SMILES string of the molecule is CC(c1c2ccccc2cc2ccccc12)C([SH2+])c1ccc(C#N)cc1.F[B-](F)(F)F. The van der Waals surface area contributed by atoms with Gasteiger partial charge in [-0.2, -0.15) is 5.26 Å². The van der Waals surface area contributed by atoms with Crippen LogP contribution in [0.25, 0.3) is 21.5 Å². The van der Waals surface area contributed by atoms with E-state index in [4.69, 9.17) is 5.26 Å². The Morgan fingerprint density at radius 2 is 1.26 bits per heavy atom. The van der Waals surface area contributed by atoms with Gasteiger partial charge in [0.15, 0.2) is 0 Å². The highest BCUT2D eigenvalue weighted by atomic mass is 32.1. The number of rotatable bonds is 3. The van der Waals surface area contributed by atoms with E-state index in [0.29, 0.717) is 5.56 Å². The molecule has 0 bridgehead atoms. The molecule has 4 aromatic rings. The molecule has 1 nitrogen and oxygen atoms in total. The Morgan fingerprint density at radius 1 is 0.806 bits per heavy atom. The van der Waals surface area contributed by atoms with E-state index in [-0.39, 0.29) is 11.2 Å². The monoisotopic (exact) mass is 441 g/mol. The van der Waals surface area contributed by atoms with E-state index in [1.807, 2.05) is 24.3 Å². The van der Waals surface area contributed by atoms with Gasteiger partial charge in [0.1, 0.15) is 5.25 Å². The largest absolute Gasteiger partial charge is 0.673 e. The van der Waals surface area contributed by atoms with E-state index in [2.05, 4.69) is 80.2 Å². The lowest BCUT2D eigenvalue weighted by atomic mass is 9.85. The maximum atomic E-state index is 9.75. The van der Waals surface area contributed by atoms with E-state index in [1.54, 1.807) is 0 Å². The molecule has 4 aromatic carbocycles. The van der Waals surface area contributed by atoms with Gasteiger partial charge in [-0.05, 0) is 57.9 Å². The Bertz CT molecular complexity index is 1170. The first kappa shape index (κ1) is 22.7. The number of hydrogen-bond acceptors (Lipinski definition) is 1. The third kappa shape index (κ3) is 5.59. The van der Waals surface area contributed by atoms with Gasteiger partial charge in [0.2, 0.25) is 0 Å². The summed E-state index contributed by atoms with van der Waals surface area (Å²) in [6.45, 7) is 2.27. The molecule has 0 amide bonds. The van der Waals surface area contributed by atoms with Crippen molar-refractivity contribution in [2.75, 3.05) is 0 Å². The summed E-state index contributed by atoms with van der Waals surface area (Å²) in [5.74, 6) is 0.274. The predicted octanol–water partition coefficient (Wildman–Crippen LogP) is 7.02. The van der Waals surface area contributed by atoms with Gasteiger partial charge in [0.25, 0.3) is 0 Å². The molecule has 0 saturated heterocycles. The van der Waals surface area contributed by atoms with Crippen LogP contribution in [0.3, 0.4) is 0 Å². The lowest BCUT2D eigenvalue weighted by Gasteiger charge is -2.20. The molecule has 0 N–H and O–H groups in total. The van der Waals surface area contributed by atoms with Crippen LogP contribution in [0.5, 0.6) is 0 Å². The molecular formula is C24H20BF4NS. The van der Waals surface area contributed by atoms with Gasteiger partial charge in [0, 0.05) is 11.5 Å². The van der Waals surface area contributed by atoms with Gasteiger partial charge in [-0.1, -0.05) is 67.6 Å². The summed E-state index contributed by atoms with van der Waals surface area (Å²) in [5.41, 5.74) is 3.24. The van der Waals surface area contributed by atoms with Crippen LogP contribution in [-0.4, -0.2) is 7.25 Å². The standard InChI is InChI=1S/C24H19NS.BF4/c1-16(24(26)18-12-10-17(15-25)11-13-18)23-21-8-4-2-6-19(21)14-20-7-3-5-9-22(20)23;2-1(3,4)5/h2-14,16,24,26H,1H3;/q;-1/p+1. The van der Waals surface area contributed by atoms with E-state index < -0.39 is 7.25 Å². The molecule has 0 aliphatic heterocycles. The zero-order valence-electron chi connectivity index (χ0n) is 16.7. The number of fused-ring (bicyclic) bond motifs is 2. The zero-order chi connectivity index (χ0) is 22.6. The van der Waals surface area contributed by atoms with Gasteiger partial charge in [-0.15, -0.1) is 0 Å². The molecule has 0 fully saturated rings. The second-order valence-electron chi connectivity index (χ2n) is 7.23. The minimum atomic E-state index is -6.00. The molecule has 158 valence electrons.